The van der Waals surface area contributed by atoms with Crippen LogP contribution in [0.4, 0.5) is 11.5 Å². The summed E-state index contributed by atoms with van der Waals surface area (Å²) in [7, 11) is -1.10. The average Bonchev–Trinajstić information content (AvgIpc) is 3.30. The molecule has 4 aromatic rings. The molecule has 0 aliphatic heterocycles. The van der Waals surface area contributed by atoms with Crippen LogP contribution >= 0.6 is 0 Å². The van der Waals surface area contributed by atoms with Crippen molar-refractivity contribution in [2.45, 2.75) is 30.3 Å². The molecule has 11 heteroatoms. The summed E-state index contributed by atoms with van der Waals surface area (Å²) in [5, 5.41) is 11.9. The minimum Gasteiger partial charge on any atom is -0.496 e. The molecule has 1 fully saturated rings. The third kappa shape index (κ3) is 4.31. The lowest BCUT2D eigenvalue weighted by molar-refractivity contribution is 0.403. The van der Waals surface area contributed by atoms with Gasteiger partial charge in [0.25, 0.3) is 10.0 Å². The van der Waals surface area contributed by atoms with E-state index in [0.29, 0.717) is 35.0 Å². The zero-order chi connectivity index (χ0) is 23.0. The summed E-state index contributed by atoms with van der Waals surface area (Å²) in [6.07, 6.45) is 5.68. The molecule has 2 aromatic carbocycles. The van der Waals surface area contributed by atoms with E-state index in [1.807, 2.05) is 12.3 Å². The molecule has 1 aliphatic carbocycles. The Hall–Kier alpha value is -3.73. The molecular formula is C22H23N5O5S. The fraction of sp³-hybridized carbons (Fsp3) is 0.273. The van der Waals surface area contributed by atoms with Gasteiger partial charge in [0.15, 0.2) is 11.4 Å². The van der Waals surface area contributed by atoms with Gasteiger partial charge in [-0.25, -0.2) is 8.42 Å². The van der Waals surface area contributed by atoms with Crippen molar-refractivity contribution < 1.29 is 22.4 Å². The predicted molar refractivity (Wildman–Crippen MR) is 122 cm³/mol. The number of benzene rings is 2. The lowest BCUT2D eigenvalue weighted by Crippen LogP contribution is -2.15. The molecular weight excluding hydrogens is 446 g/mol. The van der Waals surface area contributed by atoms with E-state index >= 15 is 0 Å². The van der Waals surface area contributed by atoms with Gasteiger partial charge in [0.1, 0.15) is 21.8 Å². The lowest BCUT2D eigenvalue weighted by atomic mass is 10.1. The normalized spacial score (nSPS) is 13.8. The van der Waals surface area contributed by atoms with Crippen LogP contribution in [-0.2, 0) is 16.6 Å². The molecule has 5 rings (SSSR count). The molecule has 2 N–H and O–H groups in total. The van der Waals surface area contributed by atoms with Crippen LogP contribution in [-0.4, -0.2) is 43.6 Å². The van der Waals surface area contributed by atoms with Crippen molar-refractivity contribution in [3.05, 3.63) is 54.4 Å². The maximum atomic E-state index is 13.3. The zero-order valence-electron chi connectivity index (χ0n) is 18.1. The number of rotatable bonds is 9. The summed E-state index contributed by atoms with van der Waals surface area (Å²) in [6, 6.07) is 10.8. The van der Waals surface area contributed by atoms with Crippen molar-refractivity contribution >= 4 is 32.5 Å². The van der Waals surface area contributed by atoms with Crippen LogP contribution in [0.2, 0.25) is 0 Å². The van der Waals surface area contributed by atoms with Gasteiger partial charge in [-0.05, 0) is 54.8 Å². The Bertz CT molecular complexity index is 1390. The van der Waals surface area contributed by atoms with Gasteiger partial charge in [0.05, 0.1) is 20.8 Å². The molecule has 0 bridgehead atoms. The van der Waals surface area contributed by atoms with Crippen LogP contribution in [0.3, 0.4) is 0 Å². The second-order valence-electron chi connectivity index (χ2n) is 7.80. The molecule has 0 unspecified atom stereocenters. The molecule has 0 radical (unpaired) electrons. The van der Waals surface area contributed by atoms with E-state index < -0.39 is 10.0 Å². The smallest absolute Gasteiger partial charge is 0.266 e. The number of nitrogens with zero attached hydrogens (tertiary/aromatic N) is 3. The number of aromatic nitrogens is 3. The fourth-order valence-corrected chi connectivity index (χ4v) is 4.82. The van der Waals surface area contributed by atoms with Gasteiger partial charge in [-0.3, -0.25) is 9.40 Å². The third-order valence-electron chi connectivity index (χ3n) is 5.35. The molecule has 0 saturated heterocycles. The Morgan fingerprint density at radius 3 is 2.67 bits per heavy atom. The first-order valence-corrected chi connectivity index (χ1v) is 11.9. The SMILES string of the molecule is COc1ccc(NC2CC2)cc1S(=O)(=O)Nc1noc2cc(Cn3cccn3)cc(OC)c12. The van der Waals surface area contributed by atoms with E-state index in [4.69, 9.17) is 14.0 Å². The van der Waals surface area contributed by atoms with Gasteiger partial charge < -0.3 is 19.3 Å². The van der Waals surface area contributed by atoms with Crippen LogP contribution in [0, 0.1) is 0 Å². The number of nitrogens with one attached hydrogen (secondary N) is 2. The minimum absolute atomic E-state index is 0.000990. The Kier molecular flexibility index (Phi) is 5.33. The Morgan fingerprint density at radius 2 is 1.97 bits per heavy atom. The second kappa shape index (κ2) is 8.32. The number of hydrogen-bond donors (Lipinski definition) is 2. The molecule has 0 amide bonds. The monoisotopic (exact) mass is 469 g/mol. The first kappa shape index (κ1) is 21.1. The number of methoxy groups -OCH3 is 2. The van der Waals surface area contributed by atoms with Gasteiger partial charge in [0, 0.05) is 24.1 Å². The van der Waals surface area contributed by atoms with Crippen LogP contribution in [0.1, 0.15) is 18.4 Å². The summed E-state index contributed by atoms with van der Waals surface area (Å²) in [5.74, 6) is 0.699. The van der Waals surface area contributed by atoms with E-state index in [1.54, 1.807) is 41.2 Å². The first-order valence-electron chi connectivity index (χ1n) is 10.4. The van der Waals surface area contributed by atoms with Crippen LogP contribution in [0.25, 0.3) is 11.0 Å². The average molecular weight is 470 g/mol. The molecule has 2 aromatic heterocycles. The highest BCUT2D eigenvalue weighted by molar-refractivity contribution is 7.92. The van der Waals surface area contributed by atoms with E-state index in [9.17, 15) is 8.42 Å². The summed E-state index contributed by atoms with van der Waals surface area (Å²) in [4.78, 5) is 0.000990. The summed E-state index contributed by atoms with van der Waals surface area (Å²) < 4.78 is 47.2. The maximum absolute atomic E-state index is 13.3. The number of hydrogen-bond acceptors (Lipinski definition) is 8. The molecule has 0 spiro atoms. The molecule has 172 valence electrons. The minimum atomic E-state index is -4.04. The van der Waals surface area contributed by atoms with Crippen molar-refractivity contribution in [1.29, 1.82) is 0 Å². The standard InChI is InChI=1S/C22H23N5O5S/c1-30-17-7-6-16(24-15-4-5-15)12-20(17)33(28,29)26-22-21-18(31-2)10-14(11-19(21)32-25-22)13-27-9-3-8-23-27/h3,6-12,15,24H,4-5,13H2,1-2H3,(H,25,26). The summed E-state index contributed by atoms with van der Waals surface area (Å²) in [5.41, 5.74) is 1.98. The fourth-order valence-electron chi connectivity index (χ4n) is 3.62. The number of ether oxygens (including phenoxy) is 2. The van der Waals surface area contributed by atoms with Gasteiger partial charge in [-0.2, -0.15) is 5.10 Å². The van der Waals surface area contributed by atoms with E-state index in [1.165, 1.54) is 14.2 Å². The van der Waals surface area contributed by atoms with Gasteiger partial charge >= 0.3 is 0 Å². The van der Waals surface area contributed by atoms with Crippen molar-refractivity contribution in [3.63, 3.8) is 0 Å². The number of fused-ring (bicyclic) bond motifs is 1. The highest BCUT2D eigenvalue weighted by atomic mass is 32.2. The highest BCUT2D eigenvalue weighted by Gasteiger charge is 2.26. The Labute approximate surface area is 190 Å². The van der Waals surface area contributed by atoms with Crippen molar-refractivity contribution in [2.75, 3.05) is 24.3 Å². The molecule has 1 aliphatic rings. The Morgan fingerprint density at radius 1 is 1.15 bits per heavy atom. The molecule has 33 heavy (non-hydrogen) atoms. The maximum Gasteiger partial charge on any atom is 0.266 e. The van der Waals surface area contributed by atoms with Crippen molar-refractivity contribution in [1.82, 2.24) is 14.9 Å². The van der Waals surface area contributed by atoms with Crippen LogP contribution < -0.4 is 19.5 Å². The molecule has 2 heterocycles. The highest BCUT2D eigenvalue weighted by Crippen LogP contribution is 2.36. The van der Waals surface area contributed by atoms with E-state index in [-0.39, 0.29) is 16.5 Å². The van der Waals surface area contributed by atoms with Gasteiger partial charge in [-0.15, -0.1) is 0 Å². The Balaban J connectivity index is 1.49. The summed E-state index contributed by atoms with van der Waals surface area (Å²) >= 11 is 0. The largest absolute Gasteiger partial charge is 0.496 e. The predicted octanol–water partition coefficient (Wildman–Crippen LogP) is 3.46. The van der Waals surface area contributed by atoms with Gasteiger partial charge in [0.2, 0.25) is 0 Å². The van der Waals surface area contributed by atoms with Gasteiger partial charge in [-0.1, -0.05) is 5.16 Å². The number of anilines is 2. The van der Waals surface area contributed by atoms with E-state index in [0.717, 1.165) is 18.4 Å². The molecule has 1 saturated carbocycles. The lowest BCUT2D eigenvalue weighted by Gasteiger charge is -2.13. The molecule has 0 atom stereocenters. The second-order valence-corrected chi connectivity index (χ2v) is 9.45. The van der Waals surface area contributed by atoms with Crippen LogP contribution in [0.15, 0.2) is 58.2 Å². The van der Waals surface area contributed by atoms with E-state index in [2.05, 4.69) is 20.3 Å². The number of sulfonamides is 1. The first-order chi connectivity index (χ1) is 16.0. The van der Waals surface area contributed by atoms with Crippen molar-refractivity contribution in [3.8, 4) is 11.5 Å². The zero-order valence-corrected chi connectivity index (χ0v) is 18.9. The van der Waals surface area contributed by atoms with Crippen LogP contribution in [0.5, 0.6) is 11.5 Å². The topological polar surface area (TPSA) is 121 Å². The quantitative estimate of drug-likeness (QED) is 0.382. The van der Waals surface area contributed by atoms with Crippen molar-refractivity contribution in [2.24, 2.45) is 0 Å². The molecule has 10 nitrogen and oxygen atoms in total. The third-order valence-corrected chi connectivity index (χ3v) is 6.71. The summed E-state index contributed by atoms with van der Waals surface area (Å²) in [6.45, 7) is 0.499.